The van der Waals surface area contributed by atoms with E-state index < -0.39 is 0 Å². The zero-order chi connectivity index (χ0) is 21.8. The van der Waals surface area contributed by atoms with Crippen LogP contribution < -0.4 is 19.9 Å². The second kappa shape index (κ2) is 9.34. The van der Waals surface area contributed by atoms with Gasteiger partial charge in [-0.15, -0.1) is 0 Å². The minimum atomic E-state index is -0.373. The van der Waals surface area contributed by atoms with Gasteiger partial charge >= 0.3 is 0 Å². The summed E-state index contributed by atoms with van der Waals surface area (Å²) < 4.78 is 5.25. The van der Waals surface area contributed by atoms with Gasteiger partial charge in [0.1, 0.15) is 11.6 Å². The third-order valence-electron chi connectivity index (χ3n) is 5.98. The highest BCUT2D eigenvalue weighted by molar-refractivity contribution is 6.00. The summed E-state index contributed by atoms with van der Waals surface area (Å²) in [6, 6.07) is 11.3. The molecule has 8 heteroatoms. The van der Waals surface area contributed by atoms with Crippen LogP contribution in [0.1, 0.15) is 12.0 Å². The van der Waals surface area contributed by atoms with E-state index in [-0.39, 0.29) is 24.2 Å². The van der Waals surface area contributed by atoms with Gasteiger partial charge in [0.15, 0.2) is 0 Å². The predicted molar refractivity (Wildman–Crippen MR) is 119 cm³/mol. The Morgan fingerprint density at radius 3 is 2.77 bits per heavy atom. The molecule has 3 heterocycles. The van der Waals surface area contributed by atoms with Gasteiger partial charge in [0.25, 0.3) is 0 Å². The van der Waals surface area contributed by atoms with E-state index in [2.05, 4.69) is 27.1 Å². The Bertz CT molecular complexity index is 942. The maximum absolute atomic E-state index is 12.8. The van der Waals surface area contributed by atoms with Gasteiger partial charge in [0, 0.05) is 69.2 Å². The van der Waals surface area contributed by atoms with Crippen molar-refractivity contribution in [2.24, 2.45) is 5.92 Å². The van der Waals surface area contributed by atoms with Crippen molar-refractivity contribution in [3.63, 3.8) is 0 Å². The molecule has 0 radical (unpaired) electrons. The van der Waals surface area contributed by atoms with Crippen molar-refractivity contribution in [3.8, 4) is 5.75 Å². The Morgan fingerprint density at radius 1 is 1.19 bits per heavy atom. The smallest absolute Gasteiger partial charge is 0.227 e. The van der Waals surface area contributed by atoms with Gasteiger partial charge in [-0.3, -0.25) is 9.59 Å². The zero-order valence-corrected chi connectivity index (χ0v) is 18.1. The van der Waals surface area contributed by atoms with Gasteiger partial charge in [-0.2, -0.15) is 0 Å². The summed E-state index contributed by atoms with van der Waals surface area (Å²) in [5, 5.41) is 3.02. The highest BCUT2D eigenvalue weighted by Gasteiger charge is 2.35. The van der Waals surface area contributed by atoms with Crippen LogP contribution in [0.15, 0.2) is 42.6 Å². The van der Waals surface area contributed by atoms with Crippen LogP contribution >= 0.6 is 0 Å². The number of methoxy groups -OCH3 is 1. The molecule has 2 fully saturated rings. The van der Waals surface area contributed by atoms with Crippen LogP contribution in [0, 0.1) is 5.92 Å². The summed E-state index contributed by atoms with van der Waals surface area (Å²) >= 11 is 0. The molecule has 164 valence electrons. The summed E-state index contributed by atoms with van der Waals surface area (Å²) in [6.07, 6.45) is 2.00. The molecule has 2 amide bonds. The molecule has 0 saturated carbocycles. The maximum atomic E-state index is 12.8. The first-order valence-electron chi connectivity index (χ1n) is 10.6. The highest BCUT2D eigenvalue weighted by atomic mass is 16.5. The molecule has 1 N–H and O–H groups in total. The third kappa shape index (κ3) is 4.80. The molecule has 1 aromatic carbocycles. The fourth-order valence-electron chi connectivity index (χ4n) is 4.11. The van der Waals surface area contributed by atoms with Crippen LogP contribution in [0.25, 0.3) is 0 Å². The quantitative estimate of drug-likeness (QED) is 0.759. The number of ether oxygens (including phenoxy) is 1. The highest BCUT2D eigenvalue weighted by Crippen LogP contribution is 2.28. The normalized spacial score (nSPS) is 19.5. The fourth-order valence-corrected chi connectivity index (χ4v) is 4.11. The number of piperazine rings is 1. The molecule has 2 saturated heterocycles. The molecular weight excluding hydrogens is 394 g/mol. The number of pyridine rings is 1. The Labute approximate surface area is 182 Å². The Balaban J connectivity index is 1.38. The van der Waals surface area contributed by atoms with Crippen molar-refractivity contribution in [2.75, 3.05) is 56.7 Å². The van der Waals surface area contributed by atoms with Crippen LogP contribution in [-0.2, 0) is 16.1 Å². The largest absolute Gasteiger partial charge is 0.497 e. The number of carbonyl (C=O) groups excluding carboxylic acids is 2. The lowest BCUT2D eigenvalue weighted by molar-refractivity contribution is -0.126. The van der Waals surface area contributed by atoms with Crippen molar-refractivity contribution in [2.45, 2.75) is 13.0 Å². The van der Waals surface area contributed by atoms with E-state index in [1.807, 2.05) is 36.4 Å². The molecule has 0 bridgehead atoms. The maximum Gasteiger partial charge on any atom is 0.227 e. The van der Waals surface area contributed by atoms with Gasteiger partial charge < -0.3 is 24.8 Å². The lowest BCUT2D eigenvalue weighted by Crippen LogP contribution is -2.45. The average Bonchev–Trinajstić information content (AvgIpc) is 3.20. The van der Waals surface area contributed by atoms with E-state index in [0.29, 0.717) is 18.8 Å². The van der Waals surface area contributed by atoms with Crippen molar-refractivity contribution < 1.29 is 14.3 Å². The molecule has 8 nitrogen and oxygen atoms in total. The molecule has 31 heavy (non-hydrogen) atoms. The van der Waals surface area contributed by atoms with Gasteiger partial charge in [-0.05, 0) is 25.2 Å². The zero-order valence-electron chi connectivity index (χ0n) is 18.1. The van der Waals surface area contributed by atoms with Crippen molar-refractivity contribution in [3.05, 3.63) is 48.2 Å². The van der Waals surface area contributed by atoms with E-state index in [1.54, 1.807) is 18.2 Å². The first kappa shape index (κ1) is 21.1. The first-order chi connectivity index (χ1) is 15.0. The van der Waals surface area contributed by atoms with E-state index in [0.717, 1.165) is 43.2 Å². The van der Waals surface area contributed by atoms with Gasteiger partial charge in [-0.25, -0.2) is 4.98 Å². The lowest BCUT2D eigenvalue weighted by Gasteiger charge is -2.34. The van der Waals surface area contributed by atoms with Gasteiger partial charge in [0.05, 0.1) is 13.0 Å². The molecule has 2 aliphatic heterocycles. The minimum Gasteiger partial charge on any atom is -0.497 e. The average molecular weight is 424 g/mol. The monoisotopic (exact) mass is 423 g/mol. The SMILES string of the molecule is COc1cccc(N2CC(C(=O)NCc3cccnc3N3CCN(C)CC3)CC2=O)c1. The predicted octanol–water partition coefficient (Wildman–Crippen LogP) is 1.51. The van der Waals surface area contributed by atoms with Crippen LogP contribution in [0.5, 0.6) is 5.75 Å². The topological polar surface area (TPSA) is 78.0 Å². The number of benzene rings is 1. The first-order valence-corrected chi connectivity index (χ1v) is 10.6. The molecule has 0 aliphatic carbocycles. The van der Waals surface area contributed by atoms with E-state index in [1.165, 1.54) is 0 Å². The minimum absolute atomic E-state index is 0.0482. The molecule has 2 aromatic rings. The molecule has 2 aliphatic rings. The number of nitrogens with zero attached hydrogens (tertiary/aromatic N) is 4. The number of rotatable bonds is 6. The molecule has 1 aromatic heterocycles. The summed E-state index contributed by atoms with van der Waals surface area (Å²) in [5.41, 5.74) is 1.75. The van der Waals surface area contributed by atoms with E-state index in [9.17, 15) is 9.59 Å². The second-order valence-corrected chi connectivity index (χ2v) is 8.10. The number of aromatic nitrogens is 1. The number of hydrogen-bond acceptors (Lipinski definition) is 6. The summed E-state index contributed by atoms with van der Waals surface area (Å²) in [7, 11) is 3.71. The van der Waals surface area contributed by atoms with Crippen molar-refractivity contribution in [1.29, 1.82) is 0 Å². The van der Waals surface area contributed by atoms with Crippen LogP contribution in [0.3, 0.4) is 0 Å². The molecule has 4 rings (SSSR count). The van der Waals surface area contributed by atoms with Gasteiger partial charge in [-0.1, -0.05) is 12.1 Å². The van der Waals surface area contributed by atoms with Gasteiger partial charge in [0.2, 0.25) is 11.8 Å². The summed E-state index contributed by atoms with van der Waals surface area (Å²) in [6.45, 7) is 4.59. The number of amides is 2. The van der Waals surface area contributed by atoms with Crippen LogP contribution in [0.4, 0.5) is 11.5 Å². The number of carbonyl (C=O) groups is 2. The fraction of sp³-hybridized carbons (Fsp3) is 0.435. The summed E-state index contributed by atoms with van der Waals surface area (Å²) in [4.78, 5) is 36.2. The number of likely N-dealkylation sites (N-methyl/N-ethyl adjacent to an activating group) is 1. The Hall–Kier alpha value is -3.13. The molecule has 0 spiro atoms. The Kier molecular flexibility index (Phi) is 6.36. The molecular formula is C23H29N5O3. The lowest BCUT2D eigenvalue weighted by atomic mass is 10.1. The van der Waals surface area contributed by atoms with Crippen LogP contribution in [-0.4, -0.2) is 68.6 Å². The Morgan fingerprint density at radius 2 is 2.00 bits per heavy atom. The third-order valence-corrected chi connectivity index (χ3v) is 5.98. The standard InChI is InChI=1S/C23H29N5O3/c1-26-9-11-27(12-10-26)22-17(5-4-8-24-22)15-25-23(30)18-13-21(29)28(16-18)19-6-3-7-20(14-19)31-2/h3-8,14,18H,9-13,15-16H2,1-2H3,(H,25,30). The molecule has 1 atom stereocenters. The molecule has 1 unspecified atom stereocenters. The van der Waals surface area contributed by atoms with Crippen molar-refractivity contribution in [1.82, 2.24) is 15.2 Å². The second-order valence-electron chi connectivity index (χ2n) is 8.10. The van der Waals surface area contributed by atoms with E-state index in [4.69, 9.17) is 4.74 Å². The summed E-state index contributed by atoms with van der Waals surface area (Å²) in [5.74, 6) is 1.09. The van der Waals surface area contributed by atoms with Crippen LogP contribution in [0.2, 0.25) is 0 Å². The van der Waals surface area contributed by atoms with E-state index >= 15 is 0 Å². The van der Waals surface area contributed by atoms with Crippen molar-refractivity contribution >= 4 is 23.3 Å². The number of nitrogens with one attached hydrogen (secondary N) is 1. The number of hydrogen-bond donors (Lipinski definition) is 1. The number of anilines is 2.